The van der Waals surface area contributed by atoms with Crippen molar-refractivity contribution in [3.63, 3.8) is 0 Å². The van der Waals surface area contributed by atoms with E-state index in [-0.39, 0.29) is 12.3 Å². The average molecular weight is 581 g/mol. The summed E-state index contributed by atoms with van der Waals surface area (Å²) in [6.45, 7) is 1.19. The number of aryl methyl sites for hydroxylation is 1. The second kappa shape index (κ2) is 11.7. The van der Waals surface area contributed by atoms with Gasteiger partial charge in [0.25, 0.3) is 11.8 Å². The normalized spacial score (nSPS) is 13.9. The van der Waals surface area contributed by atoms with Gasteiger partial charge in [0, 0.05) is 11.4 Å². The van der Waals surface area contributed by atoms with Crippen LogP contribution < -0.4 is 20.7 Å². The number of amides is 5. The molecule has 4 rings (SSSR count). The number of nitrogens with one attached hydrogen (secondary N) is 3. The maximum Gasteiger partial charge on any atom is 0.329 e. The highest BCUT2D eigenvalue weighted by Crippen LogP contribution is 2.27. The van der Waals surface area contributed by atoms with Crippen LogP contribution in [0.3, 0.4) is 0 Å². The third kappa shape index (κ3) is 6.83. The Balaban J connectivity index is 1.34. The summed E-state index contributed by atoms with van der Waals surface area (Å²) in [6, 6.07) is 16.6. The number of nitrogens with zero attached hydrogens (tertiary/aromatic N) is 1. The molecule has 0 bridgehead atoms. The van der Waals surface area contributed by atoms with Gasteiger partial charge in [-0.05, 0) is 83.0 Å². The van der Waals surface area contributed by atoms with Gasteiger partial charge in [0.1, 0.15) is 23.8 Å². The molecule has 9 nitrogen and oxygen atoms in total. The highest BCUT2D eigenvalue weighted by molar-refractivity contribution is 9.10. The number of anilines is 2. The van der Waals surface area contributed by atoms with Gasteiger partial charge in [-0.15, -0.1) is 0 Å². The van der Waals surface area contributed by atoms with E-state index < -0.39 is 36.1 Å². The van der Waals surface area contributed by atoms with Crippen LogP contribution >= 0.6 is 15.9 Å². The molecular formula is C27H22BrFN4O5. The second-order valence-corrected chi connectivity index (χ2v) is 9.18. The minimum atomic E-state index is -0.702. The number of ether oxygens (including phenoxy) is 1. The molecule has 1 aliphatic rings. The van der Waals surface area contributed by atoms with Crippen molar-refractivity contribution in [3.8, 4) is 5.75 Å². The number of carbonyl (C=O) groups is 4. The lowest BCUT2D eigenvalue weighted by molar-refractivity contribution is -0.127. The molecule has 1 aliphatic heterocycles. The van der Waals surface area contributed by atoms with Crippen LogP contribution in [0.1, 0.15) is 11.1 Å². The lowest BCUT2D eigenvalue weighted by Gasteiger charge is -2.12. The molecule has 0 unspecified atom stereocenters. The molecule has 3 N–H and O–H groups in total. The van der Waals surface area contributed by atoms with Gasteiger partial charge < -0.3 is 20.7 Å². The van der Waals surface area contributed by atoms with Gasteiger partial charge in [-0.25, -0.2) is 14.1 Å². The van der Waals surface area contributed by atoms with Gasteiger partial charge in [-0.3, -0.25) is 14.4 Å². The lowest BCUT2D eigenvalue weighted by atomic mass is 10.2. The summed E-state index contributed by atoms with van der Waals surface area (Å²) in [5.74, 6) is -1.61. The number of imide groups is 1. The Kier molecular flexibility index (Phi) is 8.17. The molecule has 3 aromatic rings. The van der Waals surface area contributed by atoms with Crippen LogP contribution in [0.2, 0.25) is 0 Å². The summed E-state index contributed by atoms with van der Waals surface area (Å²) in [5, 5.41) is 7.72. The Labute approximate surface area is 225 Å². The number of carbonyl (C=O) groups excluding carboxylic acids is 4. The van der Waals surface area contributed by atoms with Crippen molar-refractivity contribution < 1.29 is 28.3 Å². The molecule has 1 heterocycles. The highest BCUT2D eigenvalue weighted by atomic mass is 79.9. The van der Waals surface area contributed by atoms with Crippen molar-refractivity contribution in [1.82, 2.24) is 10.2 Å². The number of benzene rings is 3. The van der Waals surface area contributed by atoms with Crippen molar-refractivity contribution in [1.29, 1.82) is 0 Å². The van der Waals surface area contributed by atoms with Gasteiger partial charge >= 0.3 is 6.03 Å². The van der Waals surface area contributed by atoms with Crippen LogP contribution in [0, 0.1) is 12.7 Å². The zero-order chi connectivity index (χ0) is 27.2. The van der Waals surface area contributed by atoms with Gasteiger partial charge in [0.2, 0.25) is 5.91 Å². The van der Waals surface area contributed by atoms with Crippen molar-refractivity contribution >= 4 is 57.1 Å². The first-order valence-corrected chi connectivity index (χ1v) is 12.2. The Morgan fingerprint density at radius 2 is 1.61 bits per heavy atom. The van der Waals surface area contributed by atoms with Crippen LogP contribution in [0.5, 0.6) is 5.75 Å². The van der Waals surface area contributed by atoms with E-state index in [1.807, 2.05) is 19.1 Å². The fraction of sp³-hybridized carbons (Fsp3) is 0.111. The van der Waals surface area contributed by atoms with E-state index in [4.69, 9.17) is 4.74 Å². The zero-order valence-electron chi connectivity index (χ0n) is 20.1. The maximum atomic E-state index is 13.0. The van der Waals surface area contributed by atoms with Gasteiger partial charge in [-0.1, -0.05) is 23.8 Å². The SMILES string of the molecule is Cc1ccc(NC(=O)CN2C(=O)N/C(=C\c3ccc(OCC(=O)Nc4ccc(F)cc4)c(Br)c3)C2=O)cc1. The van der Waals surface area contributed by atoms with E-state index in [1.54, 1.807) is 30.3 Å². The molecule has 1 saturated heterocycles. The Hall–Kier alpha value is -4.51. The van der Waals surface area contributed by atoms with Gasteiger partial charge in [0.05, 0.1) is 4.47 Å². The number of halogens is 2. The van der Waals surface area contributed by atoms with E-state index in [2.05, 4.69) is 31.9 Å². The fourth-order valence-electron chi connectivity index (χ4n) is 3.46. The highest BCUT2D eigenvalue weighted by Gasteiger charge is 2.35. The molecule has 0 aliphatic carbocycles. The molecule has 0 radical (unpaired) electrons. The summed E-state index contributed by atoms with van der Waals surface area (Å²) in [7, 11) is 0. The molecule has 0 spiro atoms. The van der Waals surface area contributed by atoms with Crippen molar-refractivity contribution in [3.05, 3.63) is 93.8 Å². The van der Waals surface area contributed by atoms with Crippen molar-refractivity contribution in [2.24, 2.45) is 0 Å². The van der Waals surface area contributed by atoms with Crippen molar-refractivity contribution in [2.45, 2.75) is 6.92 Å². The smallest absolute Gasteiger partial charge is 0.329 e. The third-order valence-electron chi connectivity index (χ3n) is 5.35. The zero-order valence-corrected chi connectivity index (χ0v) is 21.7. The third-order valence-corrected chi connectivity index (χ3v) is 5.97. The van der Waals surface area contributed by atoms with Gasteiger partial charge in [-0.2, -0.15) is 0 Å². The molecule has 11 heteroatoms. The minimum Gasteiger partial charge on any atom is -0.483 e. The molecule has 38 heavy (non-hydrogen) atoms. The molecule has 0 saturated carbocycles. The summed E-state index contributed by atoms with van der Waals surface area (Å²) in [4.78, 5) is 50.3. The van der Waals surface area contributed by atoms with Crippen LogP contribution in [-0.2, 0) is 14.4 Å². The number of rotatable bonds is 8. The van der Waals surface area contributed by atoms with Crippen LogP contribution in [0.4, 0.5) is 20.6 Å². The first-order chi connectivity index (χ1) is 18.2. The average Bonchev–Trinajstić information content (AvgIpc) is 3.13. The molecule has 3 aromatic carbocycles. The van der Waals surface area contributed by atoms with Crippen molar-refractivity contribution in [2.75, 3.05) is 23.8 Å². The minimum absolute atomic E-state index is 0.0115. The first kappa shape index (κ1) is 26.6. The quantitative estimate of drug-likeness (QED) is 0.269. The Morgan fingerprint density at radius 3 is 2.26 bits per heavy atom. The summed E-state index contributed by atoms with van der Waals surface area (Å²) < 4.78 is 19.0. The second-order valence-electron chi connectivity index (χ2n) is 8.33. The molecular weight excluding hydrogens is 559 g/mol. The van der Waals surface area contributed by atoms with Crippen LogP contribution in [0.15, 0.2) is 76.9 Å². The number of hydrogen-bond donors (Lipinski definition) is 3. The summed E-state index contributed by atoms with van der Waals surface area (Å²) in [6.07, 6.45) is 1.47. The predicted octanol–water partition coefficient (Wildman–Crippen LogP) is 4.45. The standard InChI is InChI=1S/C27H22BrFN4O5/c1-16-2-7-19(8-3-16)30-24(34)14-33-26(36)22(32-27(33)37)13-17-4-11-23(21(28)12-17)38-15-25(35)31-20-9-5-18(29)6-10-20/h2-13H,14-15H2,1H3,(H,30,34)(H,31,35)(H,32,37)/b22-13-. The largest absolute Gasteiger partial charge is 0.483 e. The predicted molar refractivity (Wildman–Crippen MR) is 143 cm³/mol. The Morgan fingerprint density at radius 1 is 0.974 bits per heavy atom. The maximum absolute atomic E-state index is 13.0. The monoisotopic (exact) mass is 580 g/mol. The van der Waals surface area contributed by atoms with E-state index in [9.17, 15) is 23.6 Å². The number of urea groups is 1. The van der Waals surface area contributed by atoms with Gasteiger partial charge in [0.15, 0.2) is 6.61 Å². The van der Waals surface area contributed by atoms with E-state index in [0.29, 0.717) is 27.2 Å². The molecule has 5 amide bonds. The van der Waals surface area contributed by atoms with E-state index in [0.717, 1.165) is 10.5 Å². The summed E-state index contributed by atoms with van der Waals surface area (Å²) >= 11 is 3.37. The molecule has 194 valence electrons. The molecule has 1 fully saturated rings. The summed E-state index contributed by atoms with van der Waals surface area (Å²) in [5.41, 5.74) is 2.60. The van der Waals surface area contributed by atoms with E-state index in [1.165, 1.54) is 30.3 Å². The Bertz CT molecular complexity index is 1420. The lowest BCUT2D eigenvalue weighted by Crippen LogP contribution is -2.38. The fourth-order valence-corrected chi connectivity index (χ4v) is 3.97. The van der Waals surface area contributed by atoms with E-state index >= 15 is 0 Å². The first-order valence-electron chi connectivity index (χ1n) is 11.4. The molecule has 0 aromatic heterocycles. The van der Waals surface area contributed by atoms with Crippen LogP contribution in [-0.4, -0.2) is 41.8 Å². The number of hydrogen-bond acceptors (Lipinski definition) is 5. The van der Waals surface area contributed by atoms with Crippen LogP contribution in [0.25, 0.3) is 6.08 Å². The topological polar surface area (TPSA) is 117 Å². The molecule has 0 atom stereocenters.